The van der Waals surface area contributed by atoms with Gasteiger partial charge in [-0.1, -0.05) is 67.2 Å². The van der Waals surface area contributed by atoms with E-state index >= 15 is 0 Å². The molecule has 2 aromatic carbocycles. The maximum absolute atomic E-state index is 13.4. The van der Waals surface area contributed by atoms with Gasteiger partial charge >= 0.3 is 0 Å². The number of benzene rings is 2. The molecule has 174 valence electrons. The summed E-state index contributed by atoms with van der Waals surface area (Å²) in [5.41, 5.74) is 3.35. The van der Waals surface area contributed by atoms with Gasteiger partial charge in [-0.2, -0.15) is 0 Å². The molecule has 5 rings (SSSR count). The first kappa shape index (κ1) is 22.9. The van der Waals surface area contributed by atoms with Gasteiger partial charge < -0.3 is 4.90 Å². The van der Waals surface area contributed by atoms with E-state index in [1.165, 1.54) is 22.9 Å². The number of hydrogen-bond donors (Lipinski definition) is 0. The molecule has 7 heteroatoms. The van der Waals surface area contributed by atoms with Crippen LogP contribution in [0.4, 0.5) is 5.69 Å². The van der Waals surface area contributed by atoms with Crippen molar-refractivity contribution in [3.05, 3.63) is 87.0 Å². The quantitative estimate of drug-likeness (QED) is 0.260. The molecule has 2 aromatic heterocycles. The lowest BCUT2D eigenvalue weighted by Gasteiger charge is -2.22. The molecule has 0 aliphatic carbocycles. The van der Waals surface area contributed by atoms with Crippen molar-refractivity contribution in [2.45, 2.75) is 50.9 Å². The van der Waals surface area contributed by atoms with Crippen LogP contribution in [0.25, 0.3) is 10.2 Å². The Hall–Kier alpha value is -2.90. The van der Waals surface area contributed by atoms with Crippen LogP contribution < -0.4 is 10.5 Å². The summed E-state index contributed by atoms with van der Waals surface area (Å²) in [7, 11) is 0. The van der Waals surface area contributed by atoms with E-state index in [1.54, 1.807) is 15.9 Å². The van der Waals surface area contributed by atoms with Gasteiger partial charge in [0.15, 0.2) is 5.16 Å². The summed E-state index contributed by atoms with van der Waals surface area (Å²) >= 11 is 2.93. The number of thiophene rings is 1. The summed E-state index contributed by atoms with van der Waals surface area (Å²) in [6.07, 6.45) is 2.47. The monoisotopic (exact) mass is 489 g/mol. The lowest BCUT2D eigenvalue weighted by molar-refractivity contribution is -0.116. The number of para-hydroxylation sites is 1. The minimum Gasteiger partial charge on any atom is -0.308 e. The minimum absolute atomic E-state index is 0.0216. The molecule has 1 unspecified atom stereocenters. The Morgan fingerprint density at radius 1 is 1.15 bits per heavy atom. The predicted octanol–water partition coefficient (Wildman–Crippen LogP) is 5.33. The van der Waals surface area contributed by atoms with E-state index in [2.05, 4.69) is 32.0 Å². The van der Waals surface area contributed by atoms with Gasteiger partial charge in [-0.25, -0.2) is 4.98 Å². The van der Waals surface area contributed by atoms with E-state index < -0.39 is 0 Å². The second kappa shape index (κ2) is 9.76. The molecule has 0 N–H and O–H groups in total. The summed E-state index contributed by atoms with van der Waals surface area (Å²) in [6, 6.07) is 20.3. The molecular weight excluding hydrogens is 462 g/mol. The number of carbonyl (C=O) groups excluding carboxylic acids is 1. The van der Waals surface area contributed by atoms with E-state index in [9.17, 15) is 9.59 Å². The third-order valence-corrected chi connectivity index (χ3v) is 8.42. The summed E-state index contributed by atoms with van der Waals surface area (Å²) in [5.74, 6) is 0.292. The number of fused-ring (bicyclic) bond motifs is 2. The van der Waals surface area contributed by atoms with E-state index in [4.69, 9.17) is 4.98 Å². The lowest BCUT2D eigenvalue weighted by Crippen LogP contribution is -2.37. The molecule has 3 heterocycles. The Labute approximate surface area is 207 Å². The van der Waals surface area contributed by atoms with Crippen LogP contribution in [0.15, 0.2) is 70.6 Å². The van der Waals surface area contributed by atoms with Gasteiger partial charge in [0, 0.05) is 23.2 Å². The maximum atomic E-state index is 13.4. The average Bonchev–Trinajstić information content (AvgIpc) is 3.42. The fraction of sp³-hybridized carbons (Fsp3) is 0.296. The van der Waals surface area contributed by atoms with Crippen LogP contribution in [0.1, 0.15) is 29.9 Å². The van der Waals surface area contributed by atoms with Crippen molar-refractivity contribution in [1.82, 2.24) is 9.55 Å². The number of thioether (sulfide) groups is 1. The molecule has 0 saturated carbocycles. The van der Waals surface area contributed by atoms with Gasteiger partial charge in [0.25, 0.3) is 5.56 Å². The molecule has 1 amide bonds. The second-order valence-electron chi connectivity index (χ2n) is 8.61. The Morgan fingerprint density at radius 2 is 1.91 bits per heavy atom. The van der Waals surface area contributed by atoms with Crippen LogP contribution in [0.2, 0.25) is 0 Å². The van der Waals surface area contributed by atoms with Gasteiger partial charge in [-0.05, 0) is 49.4 Å². The van der Waals surface area contributed by atoms with Crippen molar-refractivity contribution in [3.63, 3.8) is 0 Å². The van der Waals surface area contributed by atoms with Gasteiger partial charge in [-0.15, -0.1) is 11.3 Å². The highest BCUT2D eigenvalue weighted by Crippen LogP contribution is 2.33. The number of rotatable bonds is 7. The number of anilines is 1. The molecule has 1 aliphatic heterocycles. The zero-order chi connectivity index (χ0) is 23.7. The minimum atomic E-state index is -0.0216. The molecule has 0 saturated heterocycles. The van der Waals surface area contributed by atoms with Crippen LogP contribution in [0.5, 0.6) is 0 Å². The Morgan fingerprint density at radius 3 is 2.71 bits per heavy atom. The van der Waals surface area contributed by atoms with E-state index in [-0.39, 0.29) is 23.3 Å². The topological polar surface area (TPSA) is 55.2 Å². The fourth-order valence-corrected chi connectivity index (χ4v) is 6.45. The molecule has 1 aliphatic rings. The highest BCUT2D eigenvalue weighted by atomic mass is 32.2. The molecule has 5 nitrogen and oxygen atoms in total. The largest absolute Gasteiger partial charge is 0.308 e. The number of aryl methyl sites for hydroxylation is 2. The first-order valence-corrected chi connectivity index (χ1v) is 13.4. The van der Waals surface area contributed by atoms with Gasteiger partial charge in [0.05, 0.1) is 11.1 Å². The molecule has 0 fully saturated rings. The smallest absolute Gasteiger partial charge is 0.262 e. The summed E-state index contributed by atoms with van der Waals surface area (Å²) in [6.45, 7) is 4.70. The molecule has 1 atom stereocenters. The number of hydrogen-bond acceptors (Lipinski definition) is 5. The van der Waals surface area contributed by atoms with Gasteiger partial charge in [0.2, 0.25) is 5.91 Å². The maximum Gasteiger partial charge on any atom is 0.262 e. The molecule has 34 heavy (non-hydrogen) atoms. The van der Waals surface area contributed by atoms with E-state index in [0.29, 0.717) is 17.1 Å². The summed E-state index contributed by atoms with van der Waals surface area (Å²) in [4.78, 5) is 35.4. The highest BCUT2D eigenvalue weighted by Gasteiger charge is 2.30. The number of nitrogens with zero attached hydrogens (tertiary/aromatic N) is 3. The molecule has 0 radical (unpaired) electrons. The van der Waals surface area contributed by atoms with Crippen LogP contribution in [-0.4, -0.2) is 27.3 Å². The third-order valence-electron chi connectivity index (χ3n) is 6.28. The van der Waals surface area contributed by atoms with Gasteiger partial charge in [-0.3, -0.25) is 14.2 Å². The van der Waals surface area contributed by atoms with Crippen molar-refractivity contribution in [2.75, 3.05) is 10.7 Å². The van der Waals surface area contributed by atoms with Crippen molar-refractivity contribution in [1.29, 1.82) is 0 Å². The first-order valence-electron chi connectivity index (χ1n) is 11.6. The number of aromatic nitrogens is 2. The zero-order valence-corrected chi connectivity index (χ0v) is 21.0. The number of amides is 1. The Bertz CT molecular complexity index is 1390. The van der Waals surface area contributed by atoms with E-state index in [1.807, 2.05) is 47.4 Å². The van der Waals surface area contributed by atoms with Crippen molar-refractivity contribution in [2.24, 2.45) is 0 Å². The Kier molecular flexibility index (Phi) is 6.57. The van der Waals surface area contributed by atoms with Crippen LogP contribution >= 0.6 is 23.1 Å². The number of carbonyl (C=O) groups is 1. The predicted molar refractivity (Wildman–Crippen MR) is 141 cm³/mol. The Balaban J connectivity index is 1.43. The van der Waals surface area contributed by atoms with Crippen molar-refractivity contribution in [3.8, 4) is 0 Å². The zero-order valence-electron chi connectivity index (χ0n) is 19.4. The standard InChI is InChI=1S/C27H27N3O2S2/c1-3-21-16-22-25(34-21)28-27(29(26(22)32)14-13-19-9-5-4-6-10-19)33-17-24(31)30-18(2)15-20-11-7-8-12-23(20)30/h4-12,16,18H,3,13-15,17H2,1-2H3. The van der Waals surface area contributed by atoms with Crippen LogP contribution in [0.3, 0.4) is 0 Å². The summed E-state index contributed by atoms with van der Waals surface area (Å²) < 4.78 is 1.75. The van der Waals surface area contributed by atoms with Crippen LogP contribution in [0, 0.1) is 0 Å². The van der Waals surface area contributed by atoms with E-state index in [0.717, 1.165) is 34.7 Å². The highest BCUT2D eigenvalue weighted by molar-refractivity contribution is 7.99. The van der Waals surface area contributed by atoms with Crippen LogP contribution in [-0.2, 0) is 30.6 Å². The average molecular weight is 490 g/mol. The normalized spacial score (nSPS) is 15.1. The third kappa shape index (κ3) is 4.42. The first-order chi connectivity index (χ1) is 16.5. The molecular formula is C27H27N3O2S2. The van der Waals surface area contributed by atoms with Crippen molar-refractivity contribution < 1.29 is 4.79 Å². The molecule has 0 bridgehead atoms. The molecule has 4 aromatic rings. The summed E-state index contributed by atoms with van der Waals surface area (Å²) in [5, 5.41) is 1.29. The fourth-order valence-electron chi connectivity index (χ4n) is 4.56. The van der Waals surface area contributed by atoms with Crippen molar-refractivity contribution >= 4 is 44.9 Å². The lowest BCUT2D eigenvalue weighted by atomic mass is 10.1. The SMILES string of the molecule is CCc1cc2c(=O)n(CCc3ccccc3)c(SCC(=O)N3c4ccccc4CC3C)nc2s1. The second-order valence-corrected chi connectivity index (χ2v) is 10.7. The molecule has 0 spiro atoms. The van der Waals surface area contributed by atoms with Gasteiger partial charge in [0.1, 0.15) is 4.83 Å².